The molecule has 0 aliphatic carbocycles. The molecule has 3 heteroatoms. The Morgan fingerprint density at radius 1 is 1.11 bits per heavy atom. The Labute approximate surface area is 117 Å². The molecular weight excluding hydrogens is 288 g/mol. The summed E-state index contributed by atoms with van der Waals surface area (Å²) in [5.41, 5.74) is 9.44. The maximum absolute atomic E-state index is 5.80. The standard InChI is InChI=1S/C15H17BrN2/c1-18(11-12-5-3-2-4-6-12)15-8-7-14(16)9-13(15)10-17/h2-9H,10-11,17H2,1H3. The fourth-order valence-electron chi connectivity index (χ4n) is 2.03. The zero-order chi connectivity index (χ0) is 13.0. The largest absolute Gasteiger partial charge is 0.370 e. The first-order valence-electron chi connectivity index (χ1n) is 5.94. The van der Waals surface area contributed by atoms with Crippen molar-refractivity contribution in [2.75, 3.05) is 11.9 Å². The van der Waals surface area contributed by atoms with Crippen LogP contribution in [0.3, 0.4) is 0 Å². The Kier molecular flexibility index (Phi) is 4.39. The lowest BCUT2D eigenvalue weighted by Crippen LogP contribution is -2.18. The molecule has 0 radical (unpaired) electrons. The average molecular weight is 305 g/mol. The summed E-state index contributed by atoms with van der Waals surface area (Å²) in [6.45, 7) is 1.43. The molecule has 18 heavy (non-hydrogen) atoms. The van der Waals surface area contributed by atoms with Gasteiger partial charge in [0.05, 0.1) is 0 Å². The third kappa shape index (κ3) is 3.12. The zero-order valence-electron chi connectivity index (χ0n) is 10.4. The topological polar surface area (TPSA) is 29.3 Å². The summed E-state index contributed by atoms with van der Waals surface area (Å²) in [5.74, 6) is 0. The third-order valence-electron chi connectivity index (χ3n) is 2.94. The van der Waals surface area contributed by atoms with Gasteiger partial charge in [-0.15, -0.1) is 0 Å². The van der Waals surface area contributed by atoms with Crippen molar-refractivity contribution in [1.29, 1.82) is 0 Å². The van der Waals surface area contributed by atoms with E-state index in [1.807, 2.05) is 6.07 Å². The van der Waals surface area contributed by atoms with Crippen LogP contribution in [0.25, 0.3) is 0 Å². The number of halogens is 1. The maximum Gasteiger partial charge on any atom is 0.0426 e. The molecule has 0 saturated heterocycles. The summed E-state index contributed by atoms with van der Waals surface area (Å²) in [7, 11) is 2.09. The monoisotopic (exact) mass is 304 g/mol. The Hall–Kier alpha value is -1.32. The molecule has 0 heterocycles. The minimum Gasteiger partial charge on any atom is -0.370 e. The lowest BCUT2D eigenvalue weighted by Gasteiger charge is -2.22. The van der Waals surface area contributed by atoms with Crippen molar-refractivity contribution in [3.63, 3.8) is 0 Å². The molecule has 0 amide bonds. The number of nitrogens with zero attached hydrogens (tertiary/aromatic N) is 1. The van der Waals surface area contributed by atoms with Gasteiger partial charge in [0.1, 0.15) is 0 Å². The van der Waals surface area contributed by atoms with Crippen LogP contribution in [0, 0.1) is 0 Å². The van der Waals surface area contributed by atoms with E-state index in [1.165, 1.54) is 11.3 Å². The average Bonchev–Trinajstić information content (AvgIpc) is 2.39. The summed E-state index contributed by atoms with van der Waals surface area (Å²) in [6, 6.07) is 16.7. The van der Waals surface area contributed by atoms with E-state index in [0.717, 1.165) is 16.6 Å². The molecular formula is C15H17BrN2. The van der Waals surface area contributed by atoms with Gasteiger partial charge in [0.2, 0.25) is 0 Å². The molecule has 0 bridgehead atoms. The molecule has 0 atom stereocenters. The van der Waals surface area contributed by atoms with E-state index < -0.39 is 0 Å². The van der Waals surface area contributed by atoms with Crippen LogP contribution in [0.1, 0.15) is 11.1 Å². The number of benzene rings is 2. The van der Waals surface area contributed by atoms with E-state index in [4.69, 9.17) is 5.73 Å². The molecule has 2 aromatic carbocycles. The summed E-state index contributed by atoms with van der Waals surface area (Å²) in [4.78, 5) is 2.23. The van der Waals surface area contributed by atoms with Crippen molar-refractivity contribution in [2.45, 2.75) is 13.1 Å². The number of hydrogen-bond acceptors (Lipinski definition) is 2. The van der Waals surface area contributed by atoms with Gasteiger partial charge in [0, 0.05) is 30.3 Å². The van der Waals surface area contributed by atoms with Gasteiger partial charge in [0.25, 0.3) is 0 Å². The second-order valence-corrected chi connectivity index (χ2v) is 5.23. The smallest absolute Gasteiger partial charge is 0.0426 e. The van der Waals surface area contributed by atoms with E-state index in [0.29, 0.717) is 6.54 Å². The van der Waals surface area contributed by atoms with E-state index >= 15 is 0 Å². The number of rotatable bonds is 4. The first-order valence-corrected chi connectivity index (χ1v) is 6.73. The Balaban J connectivity index is 2.21. The molecule has 2 rings (SSSR count). The Bertz CT molecular complexity index is 511. The molecule has 0 unspecified atom stereocenters. The van der Waals surface area contributed by atoms with Gasteiger partial charge in [-0.25, -0.2) is 0 Å². The van der Waals surface area contributed by atoms with Gasteiger partial charge < -0.3 is 10.6 Å². The molecule has 2 nitrogen and oxygen atoms in total. The van der Waals surface area contributed by atoms with E-state index in [2.05, 4.69) is 70.3 Å². The first kappa shape index (κ1) is 13.1. The van der Waals surface area contributed by atoms with E-state index in [9.17, 15) is 0 Å². The predicted octanol–water partition coefficient (Wildman–Crippen LogP) is 3.54. The minimum atomic E-state index is 0.550. The summed E-state index contributed by atoms with van der Waals surface area (Å²) >= 11 is 3.48. The normalized spacial score (nSPS) is 10.4. The van der Waals surface area contributed by atoms with E-state index in [-0.39, 0.29) is 0 Å². The molecule has 2 N–H and O–H groups in total. The zero-order valence-corrected chi connectivity index (χ0v) is 12.0. The highest BCUT2D eigenvalue weighted by atomic mass is 79.9. The minimum absolute atomic E-state index is 0.550. The highest BCUT2D eigenvalue weighted by molar-refractivity contribution is 9.10. The van der Waals surface area contributed by atoms with Crippen molar-refractivity contribution in [1.82, 2.24) is 0 Å². The summed E-state index contributed by atoms with van der Waals surface area (Å²) < 4.78 is 1.07. The number of nitrogens with two attached hydrogens (primary N) is 1. The Morgan fingerprint density at radius 3 is 2.50 bits per heavy atom. The SMILES string of the molecule is CN(Cc1ccccc1)c1ccc(Br)cc1CN. The van der Waals surface area contributed by atoms with Crippen LogP contribution in [0.5, 0.6) is 0 Å². The molecule has 0 aliphatic rings. The molecule has 2 aromatic rings. The number of anilines is 1. The highest BCUT2D eigenvalue weighted by Crippen LogP contribution is 2.24. The lowest BCUT2D eigenvalue weighted by molar-refractivity contribution is 0.903. The quantitative estimate of drug-likeness (QED) is 0.936. The molecule has 0 fully saturated rings. The van der Waals surface area contributed by atoms with Gasteiger partial charge in [-0.1, -0.05) is 46.3 Å². The van der Waals surface area contributed by atoms with Crippen LogP contribution in [0.15, 0.2) is 53.0 Å². The Morgan fingerprint density at radius 2 is 1.83 bits per heavy atom. The van der Waals surface area contributed by atoms with Crippen molar-refractivity contribution in [3.05, 3.63) is 64.1 Å². The third-order valence-corrected chi connectivity index (χ3v) is 3.43. The fraction of sp³-hybridized carbons (Fsp3) is 0.200. The molecule has 0 aliphatic heterocycles. The second-order valence-electron chi connectivity index (χ2n) is 4.32. The van der Waals surface area contributed by atoms with Crippen LogP contribution in [-0.2, 0) is 13.1 Å². The fourth-order valence-corrected chi connectivity index (χ4v) is 2.44. The molecule has 94 valence electrons. The van der Waals surface area contributed by atoms with E-state index in [1.54, 1.807) is 0 Å². The highest BCUT2D eigenvalue weighted by Gasteiger charge is 2.07. The van der Waals surface area contributed by atoms with Crippen LogP contribution >= 0.6 is 15.9 Å². The van der Waals surface area contributed by atoms with Crippen molar-refractivity contribution >= 4 is 21.6 Å². The maximum atomic E-state index is 5.80. The van der Waals surface area contributed by atoms with Crippen LogP contribution in [-0.4, -0.2) is 7.05 Å². The lowest BCUT2D eigenvalue weighted by atomic mass is 10.1. The first-order chi connectivity index (χ1) is 8.70. The van der Waals surface area contributed by atoms with Crippen LogP contribution in [0.2, 0.25) is 0 Å². The molecule has 0 saturated carbocycles. The van der Waals surface area contributed by atoms with Gasteiger partial charge in [0.15, 0.2) is 0 Å². The number of hydrogen-bond donors (Lipinski definition) is 1. The van der Waals surface area contributed by atoms with Gasteiger partial charge in [-0.3, -0.25) is 0 Å². The van der Waals surface area contributed by atoms with Crippen molar-refractivity contribution < 1.29 is 0 Å². The van der Waals surface area contributed by atoms with Crippen LogP contribution in [0.4, 0.5) is 5.69 Å². The van der Waals surface area contributed by atoms with Gasteiger partial charge in [-0.2, -0.15) is 0 Å². The summed E-state index contributed by atoms with van der Waals surface area (Å²) in [6.07, 6.45) is 0. The van der Waals surface area contributed by atoms with Crippen molar-refractivity contribution in [2.24, 2.45) is 5.73 Å². The van der Waals surface area contributed by atoms with Gasteiger partial charge >= 0.3 is 0 Å². The second kappa shape index (κ2) is 6.03. The molecule has 0 spiro atoms. The van der Waals surface area contributed by atoms with Crippen molar-refractivity contribution in [3.8, 4) is 0 Å². The van der Waals surface area contributed by atoms with Crippen LogP contribution < -0.4 is 10.6 Å². The van der Waals surface area contributed by atoms with Gasteiger partial charge in [-0.05, 0) is 29.3 Å². The molecule has 0 aromatic heterocycles. The summed E-state index contributed by atoms with van der Waals surface area (Å²) in [5, 5.41) is 0. The predicted molar refractivity (Wildman–Crippen MR) is 80.6 cm³/mol.